The smallest absolute Gasteiger partial charge is 0.271 e. The molecular weight excluding hydrogens is 345 g/mol. The Kier molecular flexibility index (Phi) is 3.23. The monoisotopic (exact) mass is 361 g/mol. The van der Waals surface area contributed by atoms with Gasteiger partial charge in [-0.1, -0.05) is 0 Å². The number of pyridine rings is 2. The number of nitrogens with one attached hydrogen (secondary N) is 2. The molecule has 0 bridgehead atoms. The van der Waals surface area contributed by atoms with Gasteiger partial charge in [0.25, 0.3) is 5.56 Å². The number of aromatic nitrogens is 3. The van der Waals surface area contributed by atoms with Gasteiger partial charge in [0.1, 0.15) is 15.9 Å². The SMILES string of the molecule is O=c1[nH]sc2c1c(=O)c1cc(F)c(N3CCNCC3)nc1n2C1CC1. The lowest BCUT2D eigenvalue weighted by Crippen LogP contribution is -2.44. The molecule has 25 heavy (non-hydrogen) atoms. The van der Waals surface area contributed by atoms with Crippen LogP contribution in [-0.2, 0) is 0 Å². The van der Waals surface area contributed by atoms with Gasteiger partial charge >= 0.3 is 0 Å². The van der Waals surface area contributed by atoms with Crippen LogP contribution in [0.15, 0.2) is 15.7 Å². The first-order valence-electron chi connectivity index (χ1n) is 8.37. The van der Waals surface area contributed by atoms with E-state index in [1.807, 2.05) is 9.47 Å². The first-order chi connectivity index (χ1) is 12.1. The van der Waals surface area contributed by atoms with Crippen molar-refractivity contribution in [1.82, 2.24) is 19.2 Å². The van der Waals surface area contributed by atoms with E-state index < -0.39 is 16.8 Å². The van der Waals surface area contributed by atoms with E-state index >= 15 is 0 Å². The zero-order valence-corrected chi connectivity index (χ0v) is 14.2. The molecule has 0 radical (unpaired) electrons. The number of hydrogen-bond acceptors (Lipinski definition) is 6. The number of hydrogen-bond donors (Lipinski definition) is 2. The number of aromatic amines is 1. The van der Waals surface area contributed by atoms with Crippen molar-refractivity contribution in [2.75, 3.05) is 31.1 Å². The van der Waals surface area contributed by atoms with E-state index in [9.17, 15) is 14.0 Å². The predicted octanol–water partition coefficient (Wildman–Crippen LogP) is 1.18. The van der Waals surface area contributed by atoms with Gasteiger partial charge in [0.15, 0.2) is 11.6 Å². The molecule has 0 atom stereocenters. The van der Waals surface area contributed by atoms with E-state index in [1.54, 1.807) is 0 Å². The third kappa shape index (κ3) is 2.22. The molecule has 1 saturated heterocycles. The van der Waals surface area contributed by atoms with Gasteiger partial charge < -0.3 is 14.8 Å². The first kappa shape index (κ1) is 15.0. The summed E-state index contributed by atoms with van der Waals surface area (Å²) in [6.07, 6.45) is 1.95. The minimum absolute atomic E-state index is 0.112. The molecule has 1 saturated carbocycles. The van der Waals surface area contributed by atoms with Crippen molar-refractivity contribution >= 4 is 38.6 Å². The average molecular weight is 361 g/mol. The van der Waals surface area contributed by atoms with E-state index in [-0.39, 0.29) is 22.6 Å². The number of H-pyrrole nitrogens is 1. The molecule has 4 heterocycles. The van der Waals surface area contributed by atoms with Crippen LogP contribution in [0.2, 0.25) is 0 Å². The van der Waals surface area contributed by atoms with Crippen LogP contribution in [0.25, 0.3) is 21.3 Å². The molecule has 2 fully saturated rings. The molecule has 5 rings (SSSR count). The molecular formula is C16H16FN5O2S. The first-order valence-corrected chi connectivity index (χ1v) is 9.18. The number of rotatable bonds is 2. The Morgan fingerprint density at radius 2 is 2.00 bits per heavy atom. The van der Waals surface area contributed by atoms with Crippen molar-refractivity contribution in [3.05, 3.63) is 32.5 Å². The van der Waals surface area contributed by atoms with Gasteiger partial charge in [-0.25, -0.2) is 9.37 Å². The van der Waals surface area contributed by atoms with Gasteiger partial charge in [-0.15, -0.1) is 0 Å². The summed E-state index contributed by atoms with van der Waals surface area (Å²) in [5, 5.41) is 3.52. The number of anilines is 1. The summed E-state index contributed by atoms with van der Waals surface area (Å²) < 4.78 is 19.3. The van der Waals surface area contributed by atoms with E-state index in [0.717, 1.165) is 37.5 Å². The maximum Gasteiger partial charge on any atom is 0.271 e. The summed E-state index contributed by atoms with van der Waals surface area (Å²) in [6.45, 7) is 2.88. The molecule has 1 aliphatic carbocycles. The van der Waals surface area contributed by atoms with Crippen molar-refractivity contribution in [2.45, 2.75) is 18.9 Å². The standard InChI is InChI=1S/C16H16FN5O2S/c17-10-7-9-12(23)11-15(24)20-25-16(11)22(8-1-2-8)13(9)19-14(10)21-5-3-18-4-6-21/h7-8,18H,1-6H2,(H,20,24). The van der Waals surface area contributed by atoms with Crippen LogP contribution >= 0.6 is 11.5 Å². The van der Waals surface area contributed by atoms with E-state index in [1.165, 1.54) is 6.07 Å². The van der Waals surface area contributed by atoms with Gasteiger partial charge in [-0.05, 0) is 30.4 Å². The summed E-state index contributed by atoms with van der Waals surface area (Å²) in [6, 6.07) is 1.46. The Hall–Kier alpha value is -2.26. The maximum absolute atomic E-state index is 14.7. The van der Waals surface area contributed by atoms with Crippen LogP contribution in [0, 0.1) is 5.82 Å². The minimum atomic E-state index is -0.514. The fourth-order valence-electron chi connectivity index (χ4n) is 3.48. The van der Waals surface area contributed by atoms with Crippen LogP contribution < -0.4 is 21.2 Å². The lowest BCUT2D eigenvalue weighted by atomic mass is 10.2. The molecule has 3 aromatic heterocycles. The summed E-state index contributed by atoms with van der Waals surface area (Å²) in [7, 11) is 0. The lowest BCUT2D eigenvalue weighted by molar-refractivity contribution is 0.559. The summed E-state index contributed by atoms with van der Waals surface area (Å²) in [5.41, 5.74) is -0.374. The van der Waals surface area contributed by atoms with Gasteiger partial charge in [-0.3, -0.25) is 14.0 Å². The van der Waals surface area contributed by atoms with Crippen LogP contribution in [0.1, 0.15) is 18.9 Å². The Morgan fingerprint density at radius 1 is 1.24 bits per heavy atom. The molecule has 0 unspecified atom stereocenters. The van der Waals surface area contributed by atoms with E-state index in [4.69, 9.17) is 0 Å². The fraction of sp³-hybridized carbons (Fsp3) is 0.438. The second-order valence-electron chi connectivity index (χ2n) is 6.55. The number of piperazine rings is 1. The summed E-state index contributed by atoms with van der Waals surface area (Å²) in [4.78, 5) is 31.9. The van der Waals surface area contributed by atoms with Crippen molar-refractivity contribution in [3.63, 3.8) is 0 Å². The second kappa shape index (κ2) is 5.37. The Morgan fingerprint density at radius 3 is 2.72 bits per heavy atom. The van der Waals surface area contributed by atoms with Crippen LogP contribution in [0.5, 0.6) is 0 Å². The molecule has 1 aliphatic heterocycles. The summed E-state index contributed by atoms with van der Waals surface area (Å²) >= 11 is 1.15. The molecule has 3 aromatic rings. The van der Waals surface area contributed by atoms with Crippen LogP contribution in [0.3, 0.4) is 0 Å². The van der Waals surface area contributed by atoms with Crippen molar-refractivity contribution < 1.29 is 4.39 Å². The third-order valence-corrected chi connectivity index (χ3v) is 5.75. The number of halogens is 1. The van der Waals surface area contributed by atoms with Crippen LogP contribution in [0.4, 0.5) is 10.2 Å². The lowest BCUT2D eigenvalue weighted by Gasteiger charge is -2.29. The molecule has 7 nitrogen and oxygen atoms in total. The number of fused-ring (bicyclic) bond motifs is 2. The van der Waals surface area contributed by atoms with E-state index in [0.29, 0.717) is 23.6 Å². The molecule has 9 heteroatoms. The number of nitrogens with zero attached hydrogens (tertiary/aromatic N) is 3. The average Bonchev–Trinajstić information content (AvgIpc) is 3.38. The largest absolute Gasteiger partial charge is 0.352 e. The van der Waals surface area contributed by atoms with Crippen molar-refractivity contribution in [3.8, 4) is 0 Å². The Bertz CT molecular complexity index is 1110. The van der Waals surface area contributed by atoms with E-state index in [2.05, 4.69) is 14.7 Å². The summed E-state index contributed by atoms with van der Waals surface area (Å²) in [5.74, 6) is -0.232. The Labute approximate surface area is 145 Å². The van der Waals surface area contributed by atoms with Gasteiger partial charge in [0.05, 0.1) is 5.39 Å². The second-order valence-corrected chi connectivity index (χ2v) is 7.34. The minimum Gasteiger partial charge on any atom is -0.352 e. The van der Waals surface area contributed by atoms with Gasteiger partial charge in [0.2, 0.25) is 5.43 Å². The topological polar surface area (TPSA) is 83.0 Å². The highest BCUT2D eigenvalue weighted by Crippen LogP contribution is 2.39. The third-order valence-electron chi connectivity index (χ3n) is 4.87. The van der Waals surface area contributed by atoms with Crippen molar-refractivity contribution in [2.24, 2.45) is 0 Å². The van der Waals surface area contributed by atoms with Gasteiger partial charge in [0, 0.05) is 32.2 Å². The molecule has 2 aliphatic rings. The zero-order chi connectivity index (χ0) is 17.1. The Balaban J connectivity index is 1.86. The highest BCUT2D eigenvalue weighted by atomic mass is 32.1. The maximum atomic E-state index is 14.7. The van der Waals surface area contributed by atoms with Crippen molar-refractivity contribution in [1.29, 1.82) is 0 Å². The predicted molar refractivity (Wildman–Crippen MR) is 95.3 cm³/mol. The molecule has 130 valence electrons. The molecule has 0 spiro atoms. The molecule has 2 N–H and O–H groups in total. The van der Waals surface area contributed by atoms with Gasteiger partial charge in [-0.2, -0.15) is 0 Å². The quantitative estimate of drug-likeness (QED) is 0.716. The normalized spacial score (nSPS) is 18.4. The fourth-order valence-corrected chi connectivity index (χ4v) is 4.40. The van der Waals surface area contributed by atoms with Crippen LogP contribution in [-0.4, -0.2) is 40.1 Å². The highest BCUT2D eigenvalue weighted by molar-refractivity contribution is 7.12. The molecule has 0 amide bonds. The zero-order valence-electron chi connectivity index (χ0n) is 13.3. The highest BCUT2D eigenvalue weighted by Gasteiger charge is 2.30. The molecule has 0 aromatic carbocycles.